The van der Waals surface area contributed by atoms with Crippen LogP contribution in [0.3, 0.4) is 0 Å². The molecule has 23 heavy (non-hydrogen) atoms. The van der Waals surface area contributed by atoms with Gasteiger partial charge in [0.05, 0.1) is 11.7 Å². The number of thiazole rings is 1. The first-order valence-electron chi connectivity index (χ1n) is 7.11. The second-order valence-electron chi connectivity index (χ2n) is 5.19. The summed E-state index contributed by atoms with van der Waals surface area (Å²) >= 11 is 6.91. The Hall–Kier alpha value is -1.92. The number of benzene rings is 1. The van der Waals surface area contributed by atoms with Gasteiger partial charge in [0.25, 0.3) is 0 Å². The molecule has 1 heterocycles. The Morgan fingerprint density at radius 2 is 2.00 bits per heavy atom. The number of carbonyl (C=O) groups is 2. The molecule has 122 valence electrons. The van der Waals surface area contributed by atoms with Crippen LogP contribution in [-0.2, 0) is 11.2 Å². The fourth-order valence-corrected chi connectivity index (χ4v) is 3.12. The lowest BCUT2D eigenvalue weighted by Crippen LogP contribution is -2.26. The summed E-state index contributed by atoms with van der Waals surface area (Å²) in [6.45, 7) is 3.45. The van der Waals surface area contributed by atoms with E-state index in [2.05, 4.69) is 10.3 Å². The first-order valence-corrected chi connectivity index (χ1v) is 8.30. The topological polar surface area (TPSA) is 79.3 Å². The summed E-state index contributed by atoms with van der Waals surface area (Å²) in [5.74, 6) is -1.09. The number of carboxylic acid groups (broad SMARTS) is 1. The molecule has 7 heteroatoms. The molecule has 0 aliphatic heterocycles. The van der Waals surface area contributed by atoms with Crippen LogP contribution >= 0.6 is 22.9 Å². The molecule has 0 saturated heterocycles. The minimum atomic E-state index is -0.993. The number of halogens is 1. The number of rotatable bonds is 6. The van der Waals surface area contributed by atoms with Crippen LogP contribution in [0.2, 0.25) is 5.02 Å². The van der Waals surface area contributed by atoms with E-state index >= 15 is 0 Å². The van der Waals surface area contributed by atoms with Crippen molar-refractivity contribution in [2.45, 2.75) is 32.7 Å². The van der Waals surface area contributed by atoms with E-state index in [1.165, 1.54) is 0 Å². The molecule has 1 amide bonds. The van der Waals surface area contributed by atoms with Crippen molar-refractivity contribution in [3.05, 3.63) is 50.4 Å². The number of hydrogen-bond donors (Lipinski definition) is 2. The number of nitrogens with zero attached hydrogens (tertiary/aromatic N) is 1. The maximum atomic E-state index is 12.0. The number of aromatic nitrogens is 1. The third kappa shape index (κ3) is 4.77. The summed E-state index contributed by atoms with van der Waals surface area (Å²) in [5, 5.41) is 13.2. The first kappa shape index (κ1) is 17.4. The number of nitrogens with one attached hydrogen (secondary N) is 1. The smallest absolute Gasteiger partial charge is 0.347 e. The highest BCUT2D eigenvalue weighted by Crippen LogP contribution is 2.23. The second-order valence-corrected chi connectivity index (χ2v) is 6.65. The Bertz CT molecular complexity index is 713. The number of aryl methyl sites for hydroxylation is 2. The van der Waals surface area contributed by atoms with Crippen LogP contribution in [0.25, 0.3) is 0 Å². The van der Waals surface area contributed by atoms with Gasteiger partial charge in [-0.3, -0.25) is 4.79 Å². The molecule has 0 saturated carbocycles. The third-order valence-corrected chi connectivity index (χ3v) is 4.89. The highest BCUT2D eigenvalue weighted by atomic mass is 35.5. The zero-order valence-corrected chi connectivity index (χ0v) is 14.4. The summed E-state index contributed by atoms with van der Waals surface area (Å²) in [6, 6.07) is 7.06. The molecule has 0 bridgehead atoms. The van der Waals surface area contributed by atoms with Gasteiger partial charge in [-0.1, -0.05) is 23.7 Å². The molecule has 0 fully saturated rings. The second kappa shape index (κ2) is 7.57. The molecular formula is C16H17ClN2O3S. The number of carbonyl (C=O) groups excluding carboxylic acids is 1. The van der Waals surface area contributed by atoms with Gasteiger partial charge >= 0.3 is 5.97 Å². The Kier molecular flexibility index (Phi) is 5.74. The number of carboxylic acids is 1. The first-order chi connectivity index (χ1) is 10.9. The largest absolute Gasteiger partial charge is 0.477 e. The van der Waals surface area contributed by atoms with Crippen molar-refractivity contribution in [1.29, 1.82) is 0 Å². The van der Waals surface area contributed by atoms with Crippen LogP contribution in [0, 0.1) is 6.92 Å². The Labute approximate surface area is 143 Å². The fourth-order valence-electron chi connectivity index (χ4n) is 2.09. The van der Waals surface area contributed by atoms with E-state index in [0.29, 0.717) is 28.6 Å². The number of amides is 1. The summed E-state index contributed by atoms with van der Waals surface area (Å²) in [5.41, 5.74) is 1.51. The molecule has 0 spiro atoms. The van der Waals surface area contributed by atoms with Crippen molar-refractivity contribution in [2.24, 2.45) is 0 Å². The molecule has 1 atom stereocenters. The van der Waals surface area contributed by atoms with Crippen molar-refractivity contribution in [3.63, 3.8) is 0 Å². The molecule has 2 aromatic rings. The van der Waals surface area contributed by atoms with Crippen LogP contribution in [-0.4, -0.2) is 22.0 Å². The van der Waals surface area contributed by atoms with Crippen LogP contribution < -0.4 is 5.32 Å². The van der Waals surface area contributed by atoms with Gasteiger partial charge in [0, 0.05) is 11.4 Å². The lowest BCUT2D eigenvalue weighted by atomic mass is 10.1. The molecular weight excluding hydrogens is 336 g/mol. The quantitative estimate of drug-likeness (QED) is 0.832. The monoisotopic (exact) mass is 352 g/mol. The van der Waals surface area contributed by atoms with Crippen LogP contribution in [0.15, 0.2) is 24.3 Å². The lowest BCUT2D eigenvalue weighted by Gasteiger charge is -2.11. The highest BCUT2D eigenvalue weighted by Gasteiger charge is 2.19. The van der Waals surface area contributed by atoms with Gasteiger partial charge in [-0.05, 0) is 38.0 Å². The highest BCUT2D eigenvalue weighted by molar-refractivity contribution is 7.13. The zero-order chi connectivity index (χ0) is 17.0. The van der Waals surface area contributed by atoms with Gasteiger partial charge in [-0.15, -0.1) is 11.3 Å². The van der Waals surface area contributed by atoms with E-state index in [0.717, 1.165) is 16.9 Å². The van der Waals surface area contributed by atoms with Gasteiger partial charge in [-0.2, -0.15) is 0 Å². The molecule has 0 aliphatic rings. The average molecular weight is 353 g/mol. The van der Waals surface area contributed by atoms with Gasteiger partial charge in [0.1, 0.15) is 9.88 Å². The standard InChI is InChI=1S/C16H17ClN2O3S/c1-9-14(16(21)22)23-15(19-9)10(2)18-13(20)8-5-11-3-6-12(17)7-4-11/h3-4,6-7,10H,5,8H2,1-2H3,(H,18,20)(H,21,22). The van der Waals surface area contributed by atoms with Gasteiger partial charge in [-0.25, -0.2) is 9.78 Å². The predicted molar refractivity (Wildman–Crippen MR) is 90.1 cm³/mol. The Morgan fingerprint density at radius 1 is 1.35 bits per heavy atom. The summed E-state index contributed by atoms with van der Waals surface area (Å²) in [4.78, 5) is 27.5. The zero-order valence-electron chi connectivity index (χ0n) is 12.8. The normalized spacial score (nSPS) is 12.0. The van der Waals surface area contributed by atoms with E-state index in [9.17, 15) is 9.59 Å². The van der Waals surface area contributed by atoms with E-state index in [1.54, 1.807) is 26.0 Å². The van der Waals surface area contributed by atoms with Crippen LogP contribution in [0.5, 0.6) is 0 Å². The molecule has 2 N–H and O–H groups in total. The Balaban J connectivity index is 1.90. The van der Waals surface area contributed by atoms with E-state index in [-0.39, 0.29) is 16.8 Å². The van der Waals surface area contributed by atoms with Gasteiger partial charge in [0.15, 0.2) is 0 Å². The van der Waals surface area contributed by atoms with Gasteiger partial charge < -0.3 is 10.4 Å². The SMILES string of the molecule is Cc1nc(C(C)NC(=O)CCc2ccc(Cl)cc2)sc1C(=O)O. The molecule has 1 unspecified atom stereocenters. The number of aromatic carboxylic acids is 1. The maximum absolute atomic E-state index is 12.0. The van der Waals surface area contributed by atoms with Crippen LogP contribution in [0.4, 0.5) is 0 Å². The van der Waals surface area contributed by atoms with Crippen molar-refractivity contribution in [3.8, 4) is 0 Å². The van der Waals surface area contributed by atoms with Crippen molar-refractivity contribution in [2.75, 3.05) is 0 Å². The molecule has 5 nitrogen and oxygen atoms in total. The molecule has 0 aliphatic carbocycles. The van der Waals surface area contributed by atoms with Crippen molar-refractivity contribution >= 4 is 34.8 Å². The molecule has 0 radical (unpaired) electrons. The minimum absolute atomic E-state index is 0.0998. The Morgan fingerprint density at radius 3 is 2.57 bits per heavy atom. The molecule has 2 rings (SSSR count). The molecule has 1 aromatic heterocycles. The maximum Gasteiger partial charge on any atom is 0.347 e. The van der Waals surface area contributed by atoms with Gasteiger partial charge in [0.2, 0.25) is 5.91 Å². The summed E-state index contributed by atoms with van der Waals surface area (Å²) in [6.07, 6.45) is 0.967. The van der Waals surface area contributed by atoms with E-state index < -0.39 is 5.97 Å². The van der Waals surface area contributed by atoms with Crippen LogP contribution in [0.1, 0.15) is 45.3 Å². The lowest BCUT2D eigenvalue weighted by molar-refractivity contribution is -0.121. The number of hydrogen-bond acceptors (Lipinski definition) is 4. The third-order valence-electron chi connectivity index (χ3n) is 3.31. The average Bonchev–Trinajstić information content (AvgIpc) is 2.89. The van der Waals surface area contributed by atoms with E-state index in [1.807, 2.05) is 12.1 Å². The predicted octanol–water partition coefficient (Wildman–Crippen LogP) is 3.61. The minimum Gasteiger partial charge on any atom is -0.477 e. The summed E-state index contributed by atoms with van der Waals surface area (Å²) in [7, 11) is 0. The van der Waals surface area contributed by atoms with E-state index in [4.69, 9.17) is 16.7 Å². The van der Waals surface area contributed by atoms with Crippen molar-refractivity contribution < 1.29 is 14.7 Å². The summed E-state index contributed by atoms with van der Waals surface area (Å²) < 4.78 is 0. The van der Waals surface area contributed by atoms with Crippen molar-refractivity contribution in [1.82, 2.24) is 10.3 Å². The molecule has 1 aromatic carbocycles. The fraction of sp³-hybridized carbons (Fsp3) is 0.312.